The van der Waals surface area contributed by atoms with Crippen molar-refractivity contribution in [2.75, 3.05) is 26.3 Å². The topological polar surface area (TPSA) is 58.6 Å². The zero-order chi connectivity index (χ0) is 21.5. The van der Waals surface area contributed by atoms with Gasteiger partial charge >= 0.3 is 0 Å². The smallest absolute Gasteiger partial charge is 0.222 e. The fraction of sp³-hybridized carbons (Fsp3) is 0.692. The van der Waals surface area contributed by atoms with Gasteiger partial charge in [0.2, 0.25) is 11.8 Å². The van der Waals surface area contributed by atoms with E-state index in [2.05, 4.69) is 34.5 Å². The predicted octanol–water partition coefficient (Wildman–Crippen LogP) is 4.20. The number of rotatable bonds is 7. The van der Waals surface area contributed by atoms with Gasteiger partial charge in [-0.15, -0.1) is 0 Å². The number of hydrogen-bond acceptors (Lipinski definition) is 3. The lowest BCUT2D eigenvalue weighted by Gasteiger charge is -2.44. The molecule has 2 amide bonds. The first-order valence-electron chi connectivity index (χ1n) is 12.4. The van der Waals surface area contributed by atoms with E-state index in [1.54, 1.807) is 0 Å². The van der Waals surface area contributed by atoms with Crippen molar-refractivity contribution in [1.82, 2.24) is 10.2 Å². The molecule has 170 valence electrons. The summed E-state index contributed by atoms with van der Waals surface area (Å²) >= 11 is 0. The molecule has 1 N–H and O–H groups in total. The van der Waals surface area contributed by atoms with Gasteiger partial charge in [0.15, 0.2) is 0 Å². The lowest BCUT2D eigenvalue weighted by Crippen LogP contribution is -2.49. The average Bonchev–Trinajstić information content (AvgIpc) is 2.83. The number of nitrogens with zero attached hydrogens (tertiary/aromatic N) is 1. The molecule has 1 aromatic rings. The number of nitrogens with one attached hydrogen (secondary N) is 1. The van der Waals surface area contributed by atoms with Gasteiger partial charge in [-0.2, -0.15) is 0 Å². The second kappa shape index (κ2) is 10.6. The predicted molar refractivity (Wildman–Crippen MR) is 122 cm³/mol. The average molecular weight is 427 g/mol. The molecule has 3 aliphatic rings. The molecule has 1 aliphatic carbocycles. The minimum Gasteiger partial charge on any atom is -0.381 e. The van der Waals surface area contributed by atoms with Crippen LogP contribution in [0.5, 0.6) is 0 Å². The van der Waals surface area contributed by atoms with Crippen LogP contribution in [0.15, 0.2) is 30.3 Å². The van der Waals surface area contributed by atoms with Gasteiger partial charge in [-0.3, -0.25) is 9.59 Å². The molecule has 3 fully saturated rings. The summed E-state index contributed by atoms with van der Waals surface area (Å²) in [6.45, 7) is 3.02. The van der Waals surface area contributed by atoms with Gasteiger partial charge in [0.05, 0.1) is 0 Å². The lowest BCUT2D eigenvalue weighted by atomic mass is 9.74. The molecule has 5 heteroatoms. The maximum absolute atomic E-state index is 12.9. The Morgan fingerprint density at radius 1 is 1.00 bits per heavy atom. The van der Waals surface area contributed by atoms with Crippen LogP contribution in [-0.2, 0) is 19.7 Å². The highest BCUT2D eigenvalue weighted by atomic mass is 16.5. The van der Waals surface area contributed by atoms with E-state index in [9.17, 15) is 9.59 Å². The van der Waals surface area contributed by atoms with Crippen LogP contribution in [0.25, 0.3) is 0 Å². The molecule has 0 bridgehead atoms. The molecule has 2 unspecified atom stereocenters. The van der Waals surface area contributed by atoms with Gasteiger partial charge in [-0.25, -0.2) is 0 Å². The number of benzene rings is 1. The van der Waals surface area contributed by atoms with Crippen LogP contribution >= 0.6 is 0 Å². The lowest BCUT2D eigenvalue weighted by molar-refractivity contribution is -0.137. The quantitative estimate of drug-likeness (QED) is 0.711. The highest BCUT2D eigenvalue weighted by Gasteiger charge is 2.36. The molecule has 4 rings (SSSR count). The zero-order valence-electron chi connectivity index (χ0n) is 18.8. The molecule has 1 aromatic carbocycles. The molecular weight excluding hydrogens is 388 g/mol. The van der Waals surface area contributed by atoms with Gasteiger partial charge < -0.3 is 15.0 Å². The van der Waals surface area contributed by atoms with E-state index in [1.165, 1.54) is 37.7 Å². The molecule has 0 radical (unpaired) electrons. The number of amides is 2. The first-order chi connectivity index (χ1) is 15.2. The number of likely N-dealkylation sites (tertiary alicyclic amines) is 1. The van der Waals surface area contributed by atoms with Crippen molar-refractivity contribution >= 4 is 11.8 Å². The first kappa shape index (κ1) is 22.3. The van der Waals surface area contributed by atoms with Crippen molar-refractivity contribution in [3.05, 3.63) is 35.9 Å². The van der Waals surface area contributed by atoms with Crippen molar-refractivity contribution in [1.29, 1.82) is 0 Å². The van der Waals surface area contributed by atoms with E-state index < -0.39 is 0 Å². The maximum Gasteiger partial charge on any atom is 0.222 e. The van der Waals surface area contributed by atoms with E-state index in [4.69, 9.17) is 4.74 Å². The fourth-order valence-corrected chi connectivity index (χ4v) is 5.96. The normalized spacial score (nSPS) is 25.5. The monoisotopic (exact) mass is 426 g/mol. The SMILES string of the molecule is O=C(CCCC(=O)N1CCCC2CCCCC21)NCC1(c2ccccc2)CCOCC1. The molecule has 1 saturated carbocycles. The van der Waals surface area contributed by atoms with E-state index in [0.29, 0.717) is 37.8 Å². The Bertz CT molecular complexity index is 727. The van der Waals surface area contributed by atoms with Crippen LogP contribution in [0.1, 0.15) is 76.2 Å². The van der Waals surface area contributed by atoms with E-state index >= 15 is 0 Å². The van der Waals surface area contributed by atoms with Crippen LogP contribution in [0.2, 0.25) is 0 Å². The van der Waals surface area contributed by atoms with Gasteiger partial charge in [0.1, 0.15) is 0 Å². The Morgan fingerprint density at radius 3 is 2.55 bits per heavy atom. The molecule has 0 aromatic heterocycles. The van der Waals surface area contributed by atoms with E-state index in [1.807, 2.05) is 6.07 Å². The number of fused-ring (bicyclic) bond motifs is 1. The molecule has 2 heterocycles. The minimum atomic E-state index is -0.0468. The third-order valence-corrected chi connectivity index (χ3v) is 7.82. The number of hydrogen-bond donors (Lipinski definition) is 1. The largest absolute Gasteiger partial charge is 0.381 e. The summed E-state index contributed by atoms with van der Waals surface area (Å²) in [5, 5.41) is 3.17. The van der Waals surface area contributed by atoms with Gasteiger partial charge in [0, 0.05) is 50.6 Å². The van der Waals surface area contributed by atoms with Crippen LogP contribution in [0, 0.1) is 5.92 Å². The van der Waals surface area contributed by atoms with Crippen molar-refractivity contribution in [3.8, 4) is 0 Å². The maximum atomic E-state index is 12.9. The standard InChI is InChI=1S/C26H38N2O3/c29-24(27-20-26(15-18-31-19-16-26)22-10-2-1-3-11-22)13-6-14-25(30)28-17-7-9-21-8-4-5-12-23(21)28/h1-3,10-11,21,23H,4-9,12-20H2,(H,27,29). The Labute approximate surface area is 186 Å². The fourth-order valence-electron chi connectivity index (χ4n) is 5.96. The van der Waals surface area contributed by atoms with Crippen molar-refractivity contribution in [2.45, 2.75) is 82.1 Å². The Balaban J connectivity index is 1.24. The summed E-state index contributed by atoms with van der Waals surface area (Å²) in [5.74, 6) is 1.03. The molecule has 2 saturated heterocycles. The number of piperidine rings is 1. The number of carbonyl (C=O) groups excluding carboxylic acids is 2. The van der Waals surface area contributed by atoms with Crippen LogP contribution in [-0.4, -0.2) is 49.1 Å². The Morgan fingerprint density at radius 2 is 1.74 bits per heavy atom. The van der Waals surface area contributed by atoms with Crippen LogP contribution < -0.4 is 5.32 Å². The molecular formula is C26H38N2O3. The summed E-state index contributed by atoms with van der Waals surface area (Å²) in [6, 6.07) is 10.9. The van der Waals surface area contributed by atoms with Gasteiger partial charge in [-0.05, 0) is 56.4 Å². The minimum absolute atomic E-state index is 0.0468. The highest BCUT2D eigenvalue weighted by Crippen LogP contribution is 2.36. The van der Waals surface area contributed by atoms with E-state index in [-0.39, 0.29) is 17.2 Å². The second-order valence-electron chi connectivity index (χ2n) is 9.73. The Hall–Kier alpha value is -1.88. The first-order valence-corrected chi connectivity index (χ1v) is 12.4. The summed E-state index contributed by atoms with van der Waals surface area (Å²) < 4.78 is 5.58. The van der Waals surface area contributed by atoms with Crippen molar-refractivity contribution in [3.63, 3.8) is 0 Å². The molecule has 0 spiro atoms. The highest BCUT2D eigenvalue weighted by molar-refractivity contribution is 5.79. The van der Waals surface area contributed by atoms with E-state index in [0.717, 1.165) is 39.0 Å². The zero-order valence-corrected chi connectivity index (χ0v) is 18.8. The third kappa shape index (κ3) is 5.49. The summed E-state index contributed by atoms with van der Waals surface area (Å²) in [4.78, 5) is 27.6. The summed E-state index contributed by atoms with van der Waals surface area (Å²) in [5.41, 5.74) is 1.23. The molecule has 31 heavy (non-hydrogen) atoms. The third-order valence-electron chi connectivity index (χ3n) is 7.82. The van der Waals surface area contributed by atoms with Gasteiger partial charge in [0.25, 0.3) is 0 Å². The summed E-state index contributed by atoms with van der Waals surface area (Å²) in [7, 11) is 0. The van der Waals surface area contributed by atoms with Crippen LogP contribution in [0.4, 0.5) is 0 Å². The molecule has 2 aliphatic heterocycles. The van der Waals surface area contributed by atoms with Crippen molar-refractivity contribution < 1.29 is 14.3 Å². The number of carbonyl (C=O) groups is 2. The second-order valence-corrected chi connectivity index (χ2v) is 9.73. The van der Waals surface area contributed by atoms with Crippen molar-refractivity contribution in [2.24, 2.45) is 5.92 Å². The summed E-state index contributed by atoms with van der Waals surface area (Å²) in [6.07, 6.45) is 10.8. The van der Waals surface area contributed by atoms with Gasteiger partial charge in [-0.1, -0.05) is 43.2 Å². The van der Waals surface area contributed by atoms with Crippen LogP contribution in [0.3, 0.4) is 0 Å². The number of ether oxygens (including phenoxy) is 1. The Kier molecular flexibility index (Phi) is 7.65. The molecule has 2 atom stereocenters. The molecule has 5 nitrogen and oxygen atoms in total.